The number of ether oxygens (including phenoxy) is 1. The molecule has 0 amide bonds. The molecular formula is C14H26O4. The SMILES string of the molecule is COC(=O)C(C)=CC(O)C(C)CCCCCCO. The summed E-state index contributed by atoms with van der Waals surface area (Å²) in [5, 5.41) is 18.6. The summed E-state index contributed by atoms with van der Waals surface area (Å²) in [4.78, 5) is 11.2. The van der Waals surface area contributed by atoms with E-state index in [1.54, 1.807) is 13.0 Å². The lowest BCUT2D eigenvalue weighted by atomic mass is 9.96. The lowest BCUT2D eigenvalue weighted by molar-refractivity contribution is -0.136. The number of hydrogen-bond acceptors (Lipinski definition) is 4. The normalized spacial score (nSPS) is 15.3. The third kappa shape index (κ3) is 7.45. The molecule has 0 radical (unpaired) electrons. The van der Waals surface area contributed by atoms with Crippen LogP contribution in [-0.4, -0.2) is 36.0 Å². The summed E-state index contributed by atoms with van der Waals surface area (Å²) in [6, 6.07) is 0. The zero-order chi connectivity index (χ0) is 14.0. The van der Waals surface area contributed by atoms with Gasteiger partial charge in [0.05, 0.1) is 13.2 Å². The molecule has 18 heavy (non-hydrogen) atoms. The van der Waals surface area contributed by atoms with E-state index >= 15 is 0 Å². The molecule has 2 unspecified atom stereocenters. The van der Waals surface area contributed by atoms with Crippen molar-refractivity contribution in [1.29, 1.82) is 0 Å². The van der Waals surface area contributed by atoms with Crippen molar-refractivity contribution in [1.82, 2.24) is 0 Å². The molecule has 0 bridgehead atoms. The van der Waals surface area contributed by atoms with E-state index in [1.807, 2.05) is 6.92 Å². The summed E-state index contributed by atoms with van der Waals surface area (Å²) in [5.41, 5.74) is 0.442. The largest absolute Gasteiger partial charge is 0.466 e. The van der Waals surface area contributed by atoms with Gasteiger partial charge in [-0.1, -0.05) is 26.2 Å². The highest BCUT2D eigenvalue weighted by atomic mass is 16.5. The Balaban J connectivity index is 3.95. The summed E-state index contributed by atoms with van der Waals surface area (Å²) < 4.78 is 4.58. The van der Waals surface area contributed by atoms with Crippen LogP contribution in [0.3, 0.4) is 0 Å². The molecule has 0 aliphatic heterocycles. The number of carbonyl (C=O) groups is 1. The van der Waals surface area contributed by atoms with E-state index in [0.717, 1.165) is 32.1 Å². The Hall–Kier alpha value is -0.870. The topological polar surface area (TPSA) is 66.8 Å². The molecule has 0 saturated heterocycles. The van der Waals surface area contributed by atoms with Crippen molar-refractivity contribution >= 4 is 5.97 Å². The van der Waals surface area contributed by atoms with Gasteiger partial charge >= 0.3 is 5.97 Å². The summed E-state index contributed by atoms with van der Waals surface area (Å²) in [6.07, 6.45) is 5.83. The Labute approximate surface area is 110 Å². The molecule has 0 aromatic carbocycles. The van der Waals surface area contributed by atoms with Crippen LogP contribution < -0.4 is 0 Å². The Morgan fingerprint density at radius 3 is 2.44 bits per heavy atom. The van der Waals surface area contributed by atoms with Gasteiger partial charge in [-0.3, -0.25) is 0 Å². The predicted molar refractivity (Wildman–Crippen MR) is 71.1 cm³/mol. The number of esters is 1. The summed E-state index contributed by atoms with van der Waals surface area (Å²) in [6.45, 7) is 3.86. The monoisotopic (exact) mass is 258 g/mol. The Morgan fingerprint density at radius 2 is 1.89 bits per heavy atom. The van der Waals surface area contributed by atoms with Gasteiger partial charge in [-0.25, -0.2) is 4.79 Å². The smallest absolute Gasteiger partial charge is 0.333 e. The summed E-state index contributed by atoms with van der Waals surface area (Å²) in [5.74, 6) is -0.275. The highest BCUT2D eigenvalue weighted by Gasteiger charge is 2.13. The molecule has 0 rings (SSSR count). The van der Waals surface area contributed by atoms with E-state index in [9.17, 15) is 9.90 Å². The maximum atomic E-state index is 11.2. The molecule has 0 saturated carbocycles. The Morgan fingerprint density at radius 1 is 1.28 bits per heavy atom. The van der Waals surface area contributed by atoms with E-state index < -0.39 is 12.1 Å². The minimum absolute atomic E-state index is 0.124. The van der Waals surface area contributed by atoms with E-state index in [2.05, 4.69) is 4.74 Å². The molecule has 4 heteroatoms. The first-order chi connectivity index (χ1) is 8.52. The number of rotatable bonds is 9. The number of carbonyl (C=O) groups excluding carboxylic acids is 1. The van der Waals surface area contributed by atoms with E-state index in [1.165, 1.54) is 7.11 Å². The number of hydrogen-bond donors (Lipinski definition) is 2. The predicted octanol–water partition coefficient (Wildman–Crippen LogP) is 2.05. The highest BCUT2D eigenvalue weighted by molar-refractivity contribution is 5.87. The minimum Gasteiger partial charge on any atom is -0.466 e. The van der Waals surface area contributed by atoms with E-state index in [4.69, 9.17) is 5.11 Å². The van der Waals surface area contributed by atoms with Gasteiger partial charge in [0.15, 0.2) is 0 Å². The van der Waals surface area contributed by atoms with Crippen molar-refractivity contribution in [2.45, 2.75) is 52.1 Å². The molecule has 0 aliphatic carbocycles. The van der Waals surface area contributed by atoms with Gasteiger partial charge in [-0.05, 0) is 31.8 Å². The molecule has 0 fully saturated rings. The summed E-state index contributed by atoms with van der Waals surface area (Å²) in [7, 11) is 1.33. The van der Waals surface area contributed by atoms with E-state index in [0.29, 0.717) is 5.57 Å². The van der Waals surface area contributed by atoms with Crippen LogP contribution in [-0.2, 0) is 9.53 Å². The number of aliphatic hydroxyl groups excluding tert-OH is 2. The van der Waals surface area contributed by atoms with Gasteiger partial charge in [0.1, 0.15) is 0 Å². The molecule has 106 valence electrons. The summed E-state index contributed by atoms with van der Waals surface area (Å²) >= 11 is 0. The quantitative estimate of drug-likeness (QED) is 0.377. The second-order valence-corrected chi connectivity index (χ2v) is 4.74. The van der Waals surface area contributed by atoms with Gasteiger partial charge in [0.2, 0.25) is 0 Å². The first-order valence-corrected chi connectivity index (χ1v) is 6.58. The van der Waals surface area contributed by atoms with Gasteiger partial charge in [0, 0.05) is 12.2 Å². The molecule has 4 nitrogen and oxygen atoms in total. The Bertz CT molecular complexity index is 261. The maximum absolute atomic E-state index is 11.2. The lowest BCUT2D eigenvalue weighted by Gasteiger charge is -2.16. The molecule has 0 aromatic heterocycles. The van der Waals surface area contributed by atoms with E-state index in [-0.39, 0.29) is 12.5 Å². The standard InChI is InChI=1S/C14H26O4/c1-11(8-6-4-5-7-9-15)13(16)10-12(2)14(17)18-3/h10-11,13,15-16H,4-9H2,1-3H3. The van der Waals surface area contributed by atoms with Crippen molar-refractivity contribution in [3.8, 4) is 0 Å². The van der Waals surface area contributed by atoms with Crippen molar-refractivity contribution in [3.05, 3.63) is 11.6 Å². The van der Waals surface area contributed by atoms with Crippen LogP contribution in [0, 0.1) is 5.92 Å². The fourth-order valence-electron chi connectivity index (χ4n) is 1.75. The van der Waals surface area contributed by atoms with Crippen LogP contribution in [0.4, 0.5) is 0 Å². The molecule has 0 heterocycles. The van der Waals surface area contributed by atoms with Gasteiger partial charge in [0.25, 0.3) is 0 Å². The van der Waals surface area contributed by atoms with Crippen molar-refractivity contribution < 1.29 is 19.7 Å². The van der Waals surface area contributed by atoms with Gasteiger partial charge in [-0.2, -0.15) is 0 Å². The molecule has 2 atom stereocenters. The van der Waals surface area contributed by atoms with Gasteiger partial charge in [-0.15, -0.1) is 0 Å². The third-order valence-corrected chi connectivity index (χ3v) is 3.08. The molecule has 0 spiro atoms. The molecule has 2 N–H and O–H groups in total. The Kier molecular flexibility index (Phi) is 9.60. The number of methoxy groups -OCH3 is 1. The van der Waals surface area contributed by atoms with Crippen LogP contribution in [0.2, 0.25) is 0 Å². The fraction of sp³-hybridized carbons (Fsp3) is 0.786. The molecule has 0 aromatic rings. The minimum atomic E-state index is -0.609. The van der Waals surface area contributed by atoms with Crippen LogP contribution in [0.15, 0.2) is 11.6 Å². The zero-order valence-electron chi connectivity index (χ0n) is 11.7. The highest BCUT2D eigenvalue weighted by Crippen LogP contribution is 2.16. The van der Waals surface area contributed by atoms with Gasteiger partial charge < -0.3 is 14.9 Å². The number of aliphatic hydroxyl groups is 2. The van der Waals surface area contributed by atoms with Crippen LogP contribution in [0.25, 0.3) is 0 Å². The first-order valence-electron chi connectivity index (χ1n) is 6.58. The lowest BCUT2D eigenvalue weighted by Crippen LogP contribution is -2.17. The molecule has 0 aliphatic rings. The maximum Gasteiger partial charge on any atom is 0.333 e. The average Bonchev–Trinajstić information content (AvgIpc) is 2.36. The average molecular weight is 258 g/mol. The number of unbranched alkanes of at least 4 members (excludes halogenated alkanes) is 3. The van der Waals surface area contributed by atoms with Crippen LogP contribution in [0.5, 0.6) is 0 Å². The van der Waals surface area contributed by atoms with Crippen molar-refractivity contribution in [2.75, 3.05) is 13.7 Å². The van der Waals surface area contributed by atoms with Crippen LogP contribution >= 0.6 is 0 Å². The zero-order valence-corrected chi connectivity index (χ0v) is 11.7. The van der Waals surface area contributed by atoms with Crippen molar-refractivity contribution in [2.24, 2.45) is 5.92 Å². The van der Waals surface area contributed by atoms with Crippen LogP contribution in [0.1, 0.15) is 46.0 Å². The third-order valence-electron chi connectivity index (χ3n) is 3.08. The molecular weight excluding hydrogens is 232 g/mol. The first kappa shape index (κ1) is 17.1. The fourth-order valence-corrected chi connectivity index (χ4v) is 1.75. The second-order valence-electron chi connectivity index (χ2n) is 4.74. The second kappa shape index (κ2) is 10.1. The van der Waals surface area contributed by atoms with Crippen molar-refractivity contribution in [3.63, 3.8) is 0 Å².